The van der Waals surface area contributed by atoms with Crippen molar-refractivity contribution >= 4 is 44.1 Å². The highest BCUT2D eigenvalue weighted by Gasteiger charge is 2.31. The highest BCUT2D eigenvalue weighted by Crippen LogP contribution is 2.35. The van der Waals surface area contributed by atoms with Crippen LogP contribution in [0.25, 0.3) is 16.7 Å². The summed E-state index contributed by atoms with van der Waals surface area (Å²) in [6.07, 6.45) is -3.19. The van der Waals surface area contributed by atoms with Gasteiger partial charge >= 0.3 is 6.18 Å². The molecule has 10 heteroatoms. The fourth-order valence-corrected chi connectivity index (χ4v) is 3.29. The van der Waals surface area contributed by atoms with Gasteiger partial charge in [-0.3, -0.25) is 4.40 Å². The molecule has 5 nitrogen and oxygen atoms in total. The van der Waals surface area contributed by atoms with Crippen molar-refractivity contribution in [2.75, 3.05) is 11.9 Å². The lowest BCUT2D eigenvalue weighted by Gasteiger charge is -2.21. The number of aromatic nitrogens is 4. The van der Waals surface area contributed by atoms with Gasteiger partial charge in [-0.2, -0.15) is 18.2 Å². The Kier molecular flexibility index (Phi) is 4.02. The van der Waals surface area contributed by atoms with E-state index in [1.807, 2.05) is 0 Å². The van der Waals surface area contributed by atoms with E-state index in [0.29, 0.717) is 21.4 Å². The van der Waals surface area contributed by atoms with Crippen molar-refractivity contribution < 1.29 is 17.6 Å². The number of anilines is 2. The number of halogens is 5. The van der Waals surface area contributed by atoms with Crippen LogP contribution in [-0.4, -0.2) is 26.6 Å². The van der Waals surface area contributed by atoms with Crippen molar-refractivity contribution in [2.24, 2.45) is 0 Å². The normalized spacial score (nSPS) is 12.1. The predicted octanol–water partition coefficient (Wildman–Crippen LogP) is 4.97. The van der Waals surface area contributed by atoms with Gasteiger partial charge in [0.15, 0.2) is 0 Å². The molecule has 0 bridgehead atoms. The lowest BCUT2D eigenvalue weighted by Crippen LogP contribution is -2.14. The molecule has 138 valence electrons. The lowest BCUT2D eigenvalue weighted by molar-refractivity contribution is -0.137. The summed E-state index contributed by atoms with van der Waals surface area (Å²) in [5, 5.41) is 8.01. The Labute approximate surface area is 158 Å². The minimum atomic E-state index is -4.49. The minimum absolute atomic E-state index is 0.138. The molecule has 0 unspecified atom stereocenters. The first kappa shape index (κ1) is 17.7. The highest BCUT2D eigenvalue weighted by atomic mass is 79.9. The summed E-state index contributed by atoms with van der Waals surface area (Å²) in [4.78, 5) is 5.97. The Hall–Kier alpha value is -2.75. The van der Waals surface area contributed by atoms with Gasteiger partial charge in [0.05, 0.1) is 11.1 Å². The minimum Gasteiger partial charge on any atom is -0.329 e. The monoisotopic (exact) mass is 439 g/mol. The van der Waals surface area contributed by atoms with E-state index in [1.54, 1.807) is 18.0 Å². The van der Waals surface area contributed by atoms with E-state index in [-0.39, 0.29) is 11.3 Å². The number of benzene rings is 2. The van der Waals surface area contributed by atoms with Gasteiger partial charge in [-0.25, -0.2) is 4.39 Å². The molecule has 2 aromatic carbocycles. The average molecular weight is 440 g/mol. The van der Waals surface area contributed by atoms with Crippen LogP contribution in [0.2, 0.25) is 0 Å². The maximum atomic E-state index is 13.8. The zero-order chi connectivity index (χ0) is 19.3. The molecule has 0 radical (unpaired) electrons. The van der Waals surface area contributed by atoms with Crippen LogP contribution in [0.5, 0.6) is 0 Å². The van der Waals surface area contributed by atoms with E-state index in [9.17, 15) is 17.6 Å². The van der Waals surface area contributed by atoms with Gasteiger partial charge in [-0.05, 0) is 36.4 Å². The molecule has 0 aliphatic rings. The third-order valence-corrected chi connectivity index (χ3v) is 4.57. The summed E-state index contributed by atoms with van der Waals surface area (Å²) in [5.41, 5.74) is -0.0742. The molecule has 0 fully saturated rings. The fraction of sp³-hybridized carbons (Fsp3) is 0.118. The van der Waals surface area contributed by atoms with Crippen LogP contribution >= 0.6 is 15.9 Å². The van der Waals surface area contributed by atoms with Crippen molar-refractivity contribution in [3.8, 4) is 0 Å². The Bertz CT molecular complexity index is 1150. The zero-order valence-corrected chi connectivity index (χ0v) is 15.3. The second kappa shape index (κ2) is 6.15. The van der Waals surface area contributed by atoms with Crippen molar-refractivity contribution in [1.29, 1.82) is 0 Å². The van der Waals surface area contributed by atoms with Gasteiger partial charge in [-0.1, -0.05) is 15.9 Å². The topological polar surface area (TPSA) is 46.3 Å². The summed E-state index contributed by atoms with van der Waals surface area (Å²) in [7, 11) is 1.65. The van der Waals surface area contributed by atoms with Gasteiger partial charge in [-0.15, -0.1) is 10.2 Å². The van der Waals surface area contributed by atoms with Crippen LogP contribution in [0.3, 0.4) is 0 Å². The number of hydrogen-bond donors (Lipinski definition) is 0. The molecule has 0 saturated heterocycles. The summed E-state index contributed by atoms with van der Waals surface area (Å²) in [6, 6.07) is 7.63. The Morgan fingerprint density at radius 1 is 1.11 bits per heavy atom. The molecular formula is C17H10BrF4N5. The van der Waals surface area contributed by atoms with Gasteiger partial charge in [0.1, 0.15) is 18.0 Å². The fourth-order valence-electron chi connectivity index (χ4n) is 2.84. The molecule has 0 saturated carbocycles. The highest BCUT2D eigenvalue weighted by molar-refractivity contribution is 9.10. The maximum absolute atomic E-state index is 13.8. The number of fused-ring (bicyclic) bond motifs is 3. The third-order valence-electron chi connectivity index (χ3n) is 4.11. The van der Waals surface area contributed by atoms with Crippen LogP contribution in [0, 0.1) is 5.82 Å². The molecule has 2 heterocycles. The largest absolute Gasteiger partial charge is 0.416 e. The molecule has 0 atom stereocenters. The Balaban J connectivity index is 1.99. The molecule has 0 amide bonds. The second-order valence-electron chi connectivity index (χ2n) is 5.85. The van der Waals surface area contributed by atoms with E-state index in [4.69, 9.17) is 0 Å². The molecular weight excluding hydrogens is 430 g/mol. The second-order valence-corrected chi connectivity index (χ2v) is 6.77. The maximum Gasteiger partial charge on any atom is 0.416 e. The van der Waals surface area contributed by atoms with Crippen LogP contribution in [0.4, 0.5) is 29.1 Å². The first-order chi connectivity index (χ1) is 12.7. The summed E-state index contributed by atoms with van der Waals surface area (Å²) in [6.45, 7) is 0. The van der Waals surface area contributed by atoms with E-state index >= 15 is 0 Å². The molecule has 4 aromatic rings. The first-order valence-electron chi connectivity index (χ1n) is 7.64. The Morgan fingerprint density at radius 3 is 2.59 bits per heavy atom. The van der Waals surface area contributed by atoms with Crippen molar-refractivity contribution in [2.45, 2.75) is 6.18 Å². The smallest absolute Gasteiger partial charge is 0.329 e. The van der Waals surface area contributed by atoms with Crippen LogP contribution < -0.4 is 4.90 Å². The van der Waals surface area contributed by atoms with Gasteiger partial charge in [0, 0.05) is 22.6 Å². The van der Waals surface area contributed by atoms with Gasteiger partial charge in [0.25, 0.3) is 5.78 Å². The standard InChI is InChI=1S/C17H10BrF4N5/c1-26(12-6-10(18)5-11(19)7-12)15-13-3-2-9(17(20,21)22)4-14(13)27-8-23-25-16(27)24-15/h2-8H,1H3. The molecule has 0 N–H and O–H groups in total. The van der Waals surface area contributed by atoms with E-state index in [0.717, 1.165) is 12.1 Å². The molecule has 0 aliphatic heterocycles. The quantitative estimate of drug-likeness (QED) is 0.414. The van der Waals surface area contributed by atoms with Crippen molar-refractivity contribution in [1.82, 2.24) is 19.6 Å². The number of nitrogens with zero attached hydrogens (tertiary/aromatic N) is 5. The number of alkyl halides is 3. The van der Waals surface area contributed by atoms with Crippen molar-refractivity contribution in [3.05, 3.63) is 58.6 Å². The van der Waals surface area contributed by atoms with Crippen LogP contribution in [0.1, 0.15) is 5.56 Å². The first-order valence-corrected chi connectivity index (χ1v) is 8.44. The Morgan fingerprint density at radius 2 is 1.89 bits per heavy atom. The summed E-state index contributed by atoms with van der Waals surface area (Å²) in [5.74, 6) is 0.00862. The van der Waals surface area contributed by atoms with Crippen LogP contribution in [-0.2, 0) is 6.18 Å². The predicted molar refractivity (Wildman–Crippen MR) is 95.5 cm³/mol. The van der Waals surface area contributed by atoms with Gasteiger partial charge in [0.2, 0.25) is 0 Å². The number of rotatable bonds is 2. The van der Waals surface area contributed by atoms with E-state index in [2.05, 4.69) is 31.1 Å². The summed E-state index contributed by atoms with van der Waals surface area (Å²) >= 11 is 3.23. The summed E-state index contributed by atoms with van der Waals surface area (Å²) < 4.78 is 55.1. The molecule has 2 aromatic heterocycles. The SMILES string of the molecule is CN(c1cc(F)cc(Br)c1)c1nc2nncn2c2cc(C(F)(F)F)ccc12. The van der Waals surface area contributed by atoms with E-state index in [1.165, 1.54) is 28.9 Å². The number of hydrogen-bond acceptors (Lipinski definition) is 4. The van der Waals surface area contributed by atoms with E-state index < -0.39 is 17.6 Å². The van der Waals surface area contributed by atoms with Crippen molar-refractivity contribution in [3.63, 3.8) is 0 Å². The molecule has 0 aliphatic carbocycles. The van der Waals surface area contributed by atoms with Gasteiger partial charge < -0.3 is 4.90 Å². The molecule has 27 heavy (non-hydrogen) atoms. The molecule has 4 rings (SSSR count). The average Bonchev–Trinajstić information content (AvgIpc) is 3.07. The van der Waals surface area contributed by atoms with Crippen LogP contribution in [0.15, 0.2) is 47.2 Å². The third kappa shape index (κ3) is 3.09. The molecule has 0 spiro atoms. The zero-order valence-electron chi connectivity index (χ0n) is 13.7. The lowest BCUT2D eigenvalue weighted by atomic mass is 10.1.